The van der Waals surface area contributed by atoms with E-state index in [0.29, 0.717) is 0 Å². The lowest BCUT2D eigenvalue weighted by molar-refractivity contribution is 0.885. The molecule has 0 aliphatic heterocycles. The predicted octanol–water partition coefficient (Wildman–Crippen LogP) is 4.43. The third-order valence-corrected chi connectivity index (χ3v) is 4.10. The molecule has 1 atom stereocenters. The molecule has 2 aromatic carbocycles. The number of anilines is 1. The molecule has 0 aliphatic carbocycles. The van der Waals surface area contributed by atoms with Crippen LogP contribution >= 0.6 is 11.5 Å². The van der Waals surface area contributed by atoms with Gasteiger partial charge in [-0.15, -0.1) is 0 Å². The van der Waals surface area contributed by atoms with Gasteiger partial charge in [0.1, 0.15) is 5.82 Å². The molecule has 3 nitrogen and oxygen atoms in total. The third kappa shape index (κ3) is 2.51. The summed E-state index contributed by atoms with van der Waals surface area (Å²) < 4.78 is 4.31. The fourth-order valence-corrected chi connectivity index (χ4v) is 3.08. The van der Waals surface area contributed by atoms with Gasteiger partial charge >= 0.3 is 0 Å². The van der Waals surface area contributed by atoms with Gasteiger partial charge in [0.05, 0.1) is 6.04 Å². The summed E-state index contributed by atoms with van der Waals surface area (Å²) in [6.45, 7) is 4.23. The second-order valence-corrected chi connectivity index (χ2v) is 5.56. The summed E-state index contributed by atoms with van der Waals surface area (Å²) >= 11 is 1.43. The number of nitrogens with zero attached hydrogens (tertiary/aromatic N) is 2. The Balaban J connectivity index is 1.90. The van der Waals surface area contributed by atoms with Crippen molar-refractivity contribution in [3.05, 3.63) is 53.9 Å². The molecule has 0 saturated heterocycles. The maximum atomic E-state index is 4.47. The lowest BCUT2D eigenvalue weighted by Gasteiger charge is -2.15. The van der Waals surface area contributed by atoms with Gasteiger partial charge in [-0.2, -0.15) is 4.37 Å². The highest BCUT2D eigenvalue weighted by Gasteiger charge is 2.11. The topological polar surface area (TPSA) is 37.8 Å². The number of benzene rings is 2. The van der Waals surface area contributed by atoms with Crippen LogP contribution in [0.25, 0.3) is 10.8 Å². The molecule has 102 valence electrons. The lowest BCUT2D eigenvalue weighted by atomic mass is 10.00. The number of aromatic nitrogens is 2. The summed E-state index contributed by atoms with van der Waals surface area (Å²) in [5, 5.41) is 6.90. The van der Waals surface area contributed by atoms with E-state index in [4.69, 9.17) is 0 Å². The molecule has 0 fully saturated rings. The second kappa shape index (κ2) is 5.59. The van der Waals surface area contributed by atoms with Gasteiger partial charge in [0, 0.05) is 18.0 Å². The molecule has 0 amide bonds. The van der Waals surface area contributed by atoms with E-state index in [1.165, 1.54) is 27.9 Å². The van der Waals surface area contributed by atoms with Crippen molar-refractivity contribution in [2.24, 2.45) is 0 Å². The van der Waals surface area contributed by atoms with E-state index in [-0.39, 0.29) is 6.04 Å². The Morgan fingerprint density at radius 1 is 1.15 bits per heavy atom. The molecule has 20 heavy (non-hydrogen) atoms. The van der Waals surface area contributed by atoms with Crippen LogP contribution in [0.5, 0.6) is 0 Å². The summed E-state index contributed by atoms with van der Waals surface area (Å²) in [6, 6.07) is 15.1. The molecule has 1 N–H and O–H groups in total. The van der Waals surface area contributed by atoms with Crippen LogP contribution < -0.4 is 5.32 Å². The van der Waals surface area contributed by atoms with Gasteiger partial charge in [0.15, 0.2) is 0 Å². The maximum Gasteiger partial charge on any atom is 0.203 e. The monoisotopic (exact) mass is 283 g/mol. The Bertz CT molecular complexity index is 715. The second-order valence-electron chi connectivity index (χ2n) is 4.80. The predicted molar refractivity (Wildman–Crippen MR) is 85.3 cm³/mol. The van der Waals surface area contributed by atoms with E-state index < -0.39 is 0 Å². The third-order valence-electron chi connectivity index (χ3n) is 3.41. The number of rotatable bonds is 4. The van der Waals surface area contributed by atoms with Gasteiger partial charge in [0.25, 0.3) is 0 Å². The van der Waals surface area contributed by atoms with Gasteiger partial charge in [-0.25, -0.2) is 4.98 Å². The van der Waals surface area contributed by atoms with Gasteiger partial charge in [-0.05, 0) is 23.3 Å². The van der Waals surface area contributed by atoms with Crippen LogP contribution in [-0.4, -0.2) is 9.36 Å². The molecule has 0 spiro atoms. The van der Waals surface area contributed by atoms with Crippen molar-refractivity contribution in [1.29, 1.82) is 0 Å². The van der Waals surface area contributed by atoms with Crippen LogP contribution in [0.4, 0.5) is 5.13 Å². The average Bonchev–Trinajstić information content (AvgIpc) is 2.94. The minimum absolute atomic E-state index is 0.207. The van der Waals surface area contributed by atoms with Crippen molar-refractivity contribution in [2.75, 3.05) is 5.32 Å². The standard InChI is InChI=1S/C16H17N3S/c1-3-15-18-16(20-19-15)17-11(2)13-10-6-8-12-7-4-5-9-14(12)13/h4-11H,3H2,1-2H3,(H,17,18,19). The number of fused-ring (bicyclic) bond motifs is 1. The SMILES string of the molecule is CCc1nsc(NC(C)c2cccc3ccccc23)n1. The van der Waals surface area contributed by atoms with E-state index >= 15 is 0 Å². The Morgan fingerprint density at radius 3 is 2.75 bits per heavy atom. The number of nitrogens with one attached hydrogen (secondary N) is 1. The molecule has 1 aromatic heterocycles. The van der Waals surface area contributed by atoms with Gasteiger partial charge < -0.3 is 5.32 Å². The quantitative estimate of drug-likeness (QED) is 0.770. The van der Waals surface area contributed by atoms with Crippen molar-refractivity contribution in [3.63, 3.8) is 0 Å². The largest absolute Gasteiger partial charge is 0.354 e. The summed E-state index contributed by atoms with van der Waals surface area (Å²) in [5.74, 6) is 0.905. The fourth-order valence-electron chi connectivity index (χ4n) is 2.35. The minimum Gasteiger partial charge on any atom is -0.354 e. The zero-order valence-electron chi connectivity index (χ0n) is 11.6. The molecule has 1 heterocycles. The molecule has 0 saturated carbocycles. The van der Waals surface area contributed by atoms with Crippen molar-refractivity contribution in [2.45, 2.75) is 26.3 Å². The van der Waals surface area contributed by atoms with Crippen molar-refractivity contribution in [3.8, 4) is 0 Å². The minimum atomic E-state index is 0.207. The molecule has 4 heteroatoms. The summed E-state index contributed by atoms with van der Waals surface area (Å²) in [4.78, 5) is 4.47. The van der Waals surface area contributed by atoms with E-state index in [0.717, 1.165) is 17.4 Å². The van der Waals surface area contributed by atoms with Crippen LogP contribution in [0.15, 0.2) is 42.5 Å². The van der Waals surface area contributed by atoms with E-state index in [9.17, 15) is 0 Å². The molecular weight excluding hydrogens is 266 g/mol. The first-order valence-electron chi connectivity index (χ1n) is 6.84. The average molecular weight is 283 g/mol. The van der Waals surface area contributed by atoms with Crippen LogP contribution in [0.2, 0.25) is 0 Å². The summed E-state index contributed by atoms with van der Waals surface area (Å²) in [6.07, 6.45) is 0.876. The van der Waals surface area contributed by atoms with E-state index in [1.54, 1.807) is 0 Å². The first kappa shape index (κ1) is 13.1. The fraction of sp³-hybridized carbons (Fsp3) is 0.250. The highest BCUT2D eigenvalue weighted by molar-refractivity contribution is 7.09. The number of hydrogen-bond acceptors (Lipinski definition) is 4. The summed E-state index contributed by atoms with van der Waals surface area (Å²) in [5.41, 5.74) is 1.29. The first-order valence-corrected chi connectivity index (χ1v) is 7.62. The molecule has 1 unspecified atom stereocenters. The van der Waals surface area contributed by atoms with Crippen molar-refractivity contribution >= 4 is 27.4 Å². The summed E-state index contributed by atoms with van der Waals surface area (Å²) in [7, 11) is 0. The molecule has 0 aliphatic rings. The Hall–Kier alpha value is -1.94. The maximum absolute atomic E-state index is 4.47. The van der Waals surface area contributed by atoms with Crippen molar-refractivity contribution < 1.29 is 0 Å². The Kier molecular flexibility index (Phi) is 3.65. The van der Waals surface area contributed by atoms with Gasteiger partial charge in [0.2, 0.25) is 5.13 Å². The highest BCUT2D eigenvalue weighted by atomic mass is 32.1. The molecule has 0 bridgehead atoms. The molecule has 3 rings (SSSR count). The van der Waals surface area contributed by atoms with Crippen LogP contribution in [0.3, 0.4) is 0 Å². The normalized spacial score (nSPS) is 12.5. The number of aryl methyl sites for hydroxylation is 1. The van der Waals surface area contributed by atoms with Crippen LogP contribution in [-0.2, 0) is 6.42 Å². The Labute approximate surface area is 122 Å². The first-order chi connectivity index (χ1) is 9.78. The zero-order valence-corrected chi connectivity index (χ0v) is 12.4. The molecule has 3 aromatic rings. The van der Waals surface area contributed by atoms with Crippen LogP contribution in [0, 0.1) is 0 Å². The van der Waals surface area contributed by atoms with Gasteiger partial charge in [-0.1, -0.05) is 49.4 Å². The molecule has 0 radical (unpaired) electrons. The van der Waals surface area contributed by atoms with E-state index in [1.807, 2.05) is 0 Å². The lowest BCUT2D eigenvalue weighted by Crippen LogP contribution is -2.07. The van der Waals surface area contributed by atoms with E-state index in [2.05, 4.69) is 71.0 Å². The van der Waals surface area contributed by atoms with Crippen LogP contribution in [0.1, 0.15) is 31.3 Å². The highest BCUT2D eigenvalue weighted by Crippen LogP contribution is 2.27. The smallest absolute Gasteiger partial charge is 0.203 e. The van der Waals surface area contributed by atoms with Crippen molar-refractivity contribution in [1.82, 2.24) is 9.36 Å². The Morgan fingerprint density at radius 2 is 1.95 bits per heavy atom. The zero-order chi connectivity index (χ0) is 13.9. The van der Waals surface area contributed by atoms with Gasteiger partial charge in [-0.3, -0.25) is 0 Å². The molecular formula is C16H17N3S. The number of hydrogen-bond donors (Lipinski definition) is 1.